The van der Waals surface area contributed by atoms with Crippen molar-refractivity contribution < 1.29 is 9.69 Å². The average molecular weight is 205 g/mol. The van der Waals surface area contributed by atoms with Crippen molar-refractivity contribution in [2.75, 3.05) is 26.2 Å². The van der Waals surface area contributed by atoms with Crippen molar-refractivity contribution in [3.63, 3.8) is 0 Å². The lowest BCUT2D eigenvalue weighted by molar-refractivity contribution is -0.893. The number of benzene rings is 1. The number of carbonyl (C=O) groups is 1. The second kappa shape index (κ2) is 4.94. The highest BCUT2D eigenvalue weighted by Gasteiger charge is 2.18. The van der Waals surface area contributed by atoms with Gasteiger partial charge in [0.05, 0.1) is 19.6 Å². The highest BCUT2D eigenvalue weighted by molar-refractivity contribution is 5.77. The van der Waals surface area contributed by atoms with E-state index in [0.717, 1.165) is 26.1 Å². The Hall–Kier alpha value is -1.35. The quantitative estimate of drug-likeness (QED) is 0.668. The highest BCUT2D eigenvalue weighted by atomic mass is 16.2. The van der Waals surface area contributed by atoms with Crippen molar-refractivity contribution in [1.29, 1.82) is 0 Å². The Morgan fingerprint density at radius 3 is 2.80 bits per heavy atom. The molecule has 0 saturated carbocycles. The van der Waals surface area contributed by atoms with Crippen LogP contribution in [0.1, 0.15) is 5.56 Å². The third kappa shape index (κ3) is 3.06. The van der Waals surface area contributed by atoms with Gasteiger partial charge in [-0.3, -0.25) is 4.79 Å². The van der Waals surface area contributed by atoms with Gasteiger partial charge in [-0.2, -0.15) is 0 Å². The summed E-state index contributed by atoms with van der Waals surface area (Å²) < 4.78 is 0. The predicted octanol–water partition coefficient (Wildman–Crippen LogP) is -0.756. The maximum atomic E-state index is 11.2. The van der Waals surface area contributed by atoms with Crippen LogP contribution in [0.2, 0.25) is 0 Å². The van der Waals surface area contributed by atoms with Crippen LogP contribution in [0.4, 0.5) is 0 Å². The normalized spacial score (nSPS) is 21.1. The summed E-state index contributed by atoms with van der Waals surface area (Å²) >= 11 is 0. The molecule has 1 aromatic carbocycles. The summed E-state index contributed by atoms with van der Waals surface area (Å²) in [7, 11) is 0. The van der Waals surface area contributed by atoms with Gasteiger partial charge < -0.3 is 10.2 Å². The third-order valence-corrected chi connectivity index (χ3v) is 2.82. The first-order chi connectivity index (χ1) is 7.34. The van der Waals surface area contributed by atoms with E-state index in [-0.39, 0.29) is 5.91 Å². The van der Waals surface area contributed by atoms with Gasteiger partial charge in [0.15, 0.2) is 6.54 Å². The molecule has 1 fully saturated rings. The smallest absolute Gasteiger partial charge is 0.275 e. The van der Waals surface area contributed by atoms with Crippen LogP contribution in [0.15, 0.2) is 30.3 Å². The van der Waals surface area contributed by atoms with Crippen molar-refractivity contribution in [3.8, 4) is 0 Å². The van der Waals surface area contributed by atoms with Crippen molar-refractivity contribution >= 4 is 5.91 Å². The lowest BCUT2D eigenvalue weighted by Crippen LogP contribution is -3.15. The van der Waals surface area contributed by atoms with Gasteiger partial charge in [-0.05, 0) is 5.56 Å². The molecule has 0 aliphatic carbocycles. The van der Waals surface area contributed by atoms with E-state index in [4.69, 9.17) is 0 Å². The molecule has 2 N–H and O–H groups in total. The molecule has 2 rings (SSSR count). The predicted molar refractivity (Wildman–Crippen MR) is 58.7 cm³/mol. The van der Waals surface area contributed by atoms with E-state index in [1.807, 2.05) is 6.07 Å². The summed E-state index contributed by atoms with van der Waals surface area (Å²) in [5, 5.41) is 2.85. The van der Waals surface area contributed by atoms with Crippen LogP contribution in [0.3, 0.4) is 0 Å². The number of carbonyl (C=O) groups excluding carboxylic acids is 1. The summed E-state index contributed by atoms with van der Waals surface area (Å²) in [6.45, 7) is 3.56. The van der Waals surface area contributed by atoms with Gasteiger partial charge in [0, 0.05) is 6.42 Å². The van der Waals surface area contributed by atoms with Crippen molar-refractivity contribution in [3.05, 3.63) is 35.9 Å². The Bertz CT molecular complexity index is 324. The molecule has 3 heteroatoms. The molecule has 0 aromatic heterocycles. The fourth-order valence-electron chi connectivity index (χ4n) is 1.94. The molecular weight excluding hydrogens is 188 g/mol. The van der Waals surface area contributed by atoms with E-state index in [0.29, 0.717) is 6.54 Å². The Morgan fingerprint density at radius 2 is 2.07 bits per heavy atom. The van der Waals surface area contributed by atoms with E-state index in [2.05, 4.69) is 29.6 Å². The minimum absolute atomic E-state index is 0.185. The van der Waals surface area contributed by atoms with Crippen molar-refractivity contribution in [2.24, 2.45) is 0 Å². The largest absolute Gasteiger partial charge is 0.346 e. The number of hydrogen-bond donors (Lipinski definition) is 2. The zero-order valence-corrected chi connectivity index (χ0v) is 8.83. The van der Waals surface area contributed by atoms with Crippen molar-refractivity contribution in [2.45, 2.75) is 6.42 Å². The second-order valence-corrected chi connectivity index (χ2v) is 4.01. The van der Waals surface area contributed by atoms with Crippen molar-refractivity contribution in [1.82, 2.24) is 5.32 Å². The molecule has 1 heterocycles. The fourth-order valence-corrected chi connectivity index (χ4v) is 1.94. The molecule has 15 heavy (non-hydrogen) atoms. The molecule has 1 saturated heterocycles. The van der Waals surface area contributed by atoms with Gasteiger partial charge in [-0.25, -0.2) is 0 Å². The van der Waals surface area contributed by atoms with Gasteiger partial charge in [-0.15, -0.1) is 0 Å². The molecule has 3 nitrogen and oxygen atoms in total. The third-order valence-electron chi connectivity index (χ3n) is 2.82. The number of amides is 1. The molecule has 1 aliphatic rings. The Morgan fingerprint density at radius 1 is 1.27 bits per heavy atom. The molecule has 1 aromatic rings. The maximum Gasteiger partial charge on any atom is 0.275 e. The second-order valence-electron chi connectivity index (χ2n) is 4.01. The van der Waals surface area contributed by atoms with Crippen LogP contribution >= 0.6 is 0 Å². The topological polar surface area (TPSA) is 33.5 Å². The van der Waals surface area contributed by atoms with E-state index in [1.54, 1.807) is 0 Å². The summed E-state index contributed by atoms with van der Waals surface area (Å²) in [6, 6.07) is 10.4. The monoisotopic (exact) mass is 205 g/mol. The Balaban J connectivity index is 1.80. The molecule has 0 radical (unpaired) electrons. The summed E-state index contributed by atoms with van der Waals surface area (Å²) in [5.41, 5.74) is 1.36. The standard InChI is InChI=1S/C12H16N2O/c15-12-10-14(9-7-13-12)8-6-11-4-2-1-3-5-11/h1-5H,6-10H2,(H,13,15)/p+1. The number of quaternary nitrogens is 1. The van der Waals surface area contributed by atoms with E-state index < -0.39 is 0 Å². The number of piperazine rings is 1. The maximum absolute atomic E-state index is 11.2. The molecule has 1 aliphatic heterocycles. The summed E-state index contributed by atoms with van der Waals surface area (Å²) in [5.74, 6) is 0.185. The van der Waals surface area contributed by atoms with Gasteiger partial charge >= 0.3 is 0 Å². The zero-order valence-electron chi connectivity index (χ0n) is 8.83. The SMILES string of the molecule is O=C1C[NH+](CCc2ccccc2)CCN1. The minimum Gasteiger partial charge on any atom is -0.346 e. The highest BCUT2D eigenvalue weighted by Crippen LogP contribution is 1.97. The Labute approximate surface area is 90.1 Å². The van der Waals surface area contributed by atoms with Crippen LogP contribution in [0, 0.1) is 0 Å². The number of nitrogens with one attached hydrogen (secondary N) is 2. The van der Waals surface area contributed by atoms with Gasteiger partial charge in [-0.1, -0.05) is 30.3 Å². The van der Waals surface area contributed by atoms with Crippen LogP contribution in [0.5, 0.6) is 0 Å². The van der Waals surface area contributed by atoms with Crippen LogP contribution in [-0.4, -0.2) is 32.1 Å². The molecule has 1 atom stereocenters. The zero-order chi connectivity index (χ0) is 10.5. The lowest BCUT2D eigenvalue weighted by atomic mass is 10.1. The fraction of sp³-hybridized carbons (Fsp3) is 0.417. The molecular formula is C12H17N2O+. The van der Waals surface area contributed by atoms with Gasteiger partial charge in [0.2, 0.25) is 0 Å². The molecule has 1 unspecified atom stereocenters. The van der Waals surface area contributed by atoms with Crippen LogP contribution in [-0.2, 0) is 11.2 Å². The van der Waals surface area contributed by atoms with E-state index in [1.165, 1.54) is 10.5 Å². The van der Waals surface area contributed by atoms with Gasteiger partial charge in [0.25, 0.3) is 5.91 Å². The summed E-state index contributed by atoms with van der Waals surface area (Å²) in [6.07, 6.45) is 1.06. The van der Waals surface area contributed by atoms with E-state index >= 15 is 0 Å². The minimum atomic E-state index is 0.185. The molecule has 0 bridgehead atoms. The first-order valence-electron chi connectivity index (χ1n) is 5.49. The Kier molecular flexibility index (Phi) is 3.35. The molecule has 80 valence electrons. The number of hydrogen-bond acceptors (Lipinski definition) is 1. The van der Waals surface area contributed by atoms with E-state index in [9.17, 15) is 4.79 Å². The van der Waals surface area contributed by atoms with Crippen LogP contribution < -0.4 is 10.2 Å². The first-order valence-corrected chi connectivity index (χ1v) is 5.49. The lowest BCUT2D eigenvalue weighted by Gasteiger charge is -2.23. The number of rotatable bonds is 3. The molecule has 0 spiro atoms. The van der Waals surface area contributed by atoms with Gasteiger partial charge in [0.1, 0.15) is 0 Å². The first kappa shape index (κ1) is 10.2. The molecule has 1 amide bonds. The summed E-state index contributed by atoms with van der Waals surface area (Å²) in [4.78, 5) is 12.5. The van der Waals surface area contributed by atoms with Crippen LogP contribution in [0.25, 0.3) is 0 Å². The average Bonchev–Trinajstić information content (AvgIpc) is 2.28.